The van der Waals surface area contributed by atoms with Gasteiger partial charge in [-0.1, -0.05) is 62.4 Å². The largest absolute Gasteiger partial charge is 0.307 e. The Morgan fingerprint density at radius 1 is 0.879 bits per heavy atom. The molecule has 4 aromatic carbocycles. The summed E-state index contributed by atoms with van der Waals surface area (Å²) in [5.41, 5.74) is 3.31. The van der Waals surface area contributed by atoms with Gasteiger partial charge in [0.2, 0.25) is 0 Å². The van der Waals surface area contributed by atoms with Crippen LogP contribution in [0.4, 0.5) is 0 Å². The Balaban J connectivity index is 0.000000617. The van der Waals surface area contributed by atoms with Crippen LogP contribution in [0, 0.1) is 0 Å². The van der Waals surface area contributed by atoms with Crippen molar-refractivity contribution in [2.75, 3.05) is 0 Å². The second kappa shape index (κ2) is 9.03. The van der Waals surface area contributed by atoms with Crippen LogP contribution in [-0.4, -0.2) is 22.1 Å². The first kappa shape index (κ1) is 21.9. The zero-order chi connectivity index (χ0) is 23.5. The van der Waals surface area contributed by atoms with Gasteiger partial charge in [-0.25, -0.2) is 9.78 Å². The first-order chi connectivity index (χ1) is 16.3. The normalized spacial score (nSPS) is 10.6. The van der Waals surface area contributed by atoms with E-state index in [-0.39, 0.29) is 5.56 Å². The highest BCUT2D eigenvalue weighted by atomic mass is 16.1. The van der Waals surface area contributed by atoms with Crippen molar-refractivity contribution < 1.29 is 9.59 Å². The fourth-order valence-electron chi connectivity index (χ4n) is 4.53. The Bertz CT molecular complexity index is 1720. The van der Waals surface area contributed by atoms with Crippen molar-refractivity contribution >= 4 is 61.7 Å². The minimum absolute atomic E-state index is 0.0769. The van der Waals surface area contributed by atoms with Gasteiger partial charge < -0.3 is 4.79 Å². The van der Waals surface area contributed by atoms with Gasteiger partial charge in [0, 0.05) is 34.0 Å². The number of benzene rings is 4. The zero-order valence-corrected chi connectivity index (χ0v) is 18.5. The number of nitrogens with zero attached hydrogens (tertiary/aromatic N) is 2. The highest BCUT2D eigenvalue weighted by molar-refractivity contribution is 6.17. The van der Waals surface area contributed by atoms with Crippen LogP contribution < -0.4 is 5.56 Å². The molecule has 6 aromatic rings. The van der Waals surface area contributed by atoms with Crippen molar-refractivity contribution in [2.24, 2.45) is 0 Å². The molecule has 0 unspecified atom stereocenters. The molecule has 0 N–H and O–H groups in total. The molecule has 0 amide bonds. The van der Waals surface area contributed by atoms with Gasteiger partial charge >= 0.3 is 0 Å². The maximum absolute atomic E-state index is 13.6. The van der Waals surface area contributed by atoms with E-state index in [1.165, 1.54) is 6.08 Å². The van der Waals surface area contributed by atoms with E-state index in [1.807, 2.05) is 93.3 Å². The molecular weight excluding hydrogens is 412 g/mol. The molecule has 6 rings (SSSR count). The minimum atomic E-state index is -0.0769. The average Bonchev–Trinajstić information content (AvgIpc) is 2.88. The fraction of sp³-hybridized carbons (Fsp3) is 0.107. The van der Waals surface area contributed by atoms with Crippen LogP contribution in [0.3, 0.4) is 0 Å². The van der Waals surface area contributed by atoms with Crippen LogP contribution >= 0.6 is 0 Å². The summed E-state index contributed by atoms with van der Waals surface area (Å²) < 4.78 is 1.73. The maximum atomic E-state index is 13.6. The molecule has 0 aliphatic rings. The molecule has 0 bridgehead atoms. The quantitative estimate of drug-likeness (QED) is 0.205. The summed E-state index contributed by atoms with van der Waals surface area (Å²) in [5, 5.41) is 5.52. The minimum Gasteiger partial charge on any atom is -0.307 e. The Morgan fingerprint density at radius 3 is 2.33 bits per heavy atom. The molecule has 33 heavy (non-hydrogen) atoms. The van der Waals surface area contributed by atoms with E-state index < -0.39 is 0 Å². The predicted molar refractivity (Wildman–Crippen MR) is 135 cm³/mol. The van der Waals surface area contributed by atoms with Gasteiger partial charge in [0.25, 0.3) is 5.56 Å². The van der Waals surface area contributed by atoms with E-state index >= 15 is 0 Å². The molecule has 162 valence electrons. The van der Waals surface area contributed by atoms with E-state index in [1.54, 1.807) is 4.40 Å². The van der Waals surface area contributed by atoms with Crippen molar-refractivity contribution in [3.63, 3.8) is 0 Å². The van der Waals surface area contributed by atoms with Gasteiger partial charge in [0.15, 0.2) is 0 Å². The van der Waals surface area contributed by atoms with Gasteiger partial charge in [-0.3, -0.25) is 9.20 Å². The van der Waals surface area contributed by atoms with Crippen LogP contribution in [-0.2, 0) is 16.0 Å². The Kier molecular flexibility index (Phi) is 5.99. The molecule has 2 heterocycles. The fourth-order valence-corrected chi connectivity index (χ4v) is 4.53. The number of hydrogen-bond acceptors (Lipinski definition) is 4. The van der Waals surface area contributed by atoms with Crippen molar-refractivity contribution in [3.05, 3.63) is 88.7 Å². The standard InChI is InChI=1S/C25H14N2O2.C2H6.CH2O/c28-14-4-7-15-12-13-19-23-17(15)8-3-9-18(23)24-26-20-10-1-5-16-6-2-11-21(22(16)20)27(24)25(19)29;2*1-2/h1-6,8-13H,7H2;1-2H3;1H2. The van der Waals surface area contributed by atoms with Gasteiger partial charge in [-0.2, -0.15) is 0 Å². The van der Waals surface area contributed by atoms with E-state index in [9.17, 15) is 9.59 Å². The summed E-state index contributed by atoms with van der Waals surface area (Å²) in [4.78, 5) is 37.2. The Hall–Kier alpha value is -4.34. The van der Waals surface area contributed by atoms with Crippen LogP contribution in [0.25, 0.3) is 49.0 Å². The first-order valence-electron chi connectivity index (χ1n) is 10.8. The van der Waals surface area contributed by atoms with Crippen molar-refractivity contribution in [3.8, 4) is 0 Å². The summed E-state index contributed by atoms with van der Waals surface area (Å²) in [5.74, 6) is 1.84. The molecular formula is C28H22N2O3. The number of allylic oxidation sites excluding steroid dienone is 1. The second-order valence-corrected chi connectivity index (χ2v) is 7.25. The second-order valence-electron chi connectivity index (χ2n) is 7.25. The molecule has 0 spiro atoms. The molecule has 0 aliphatic heterocycles. The third-order valence-corrected chi connectivity index (χ3v) is 5.75. The number of aromatic nitrogens is 2. The summed E-state index contributed by atoms with van der Waals surface area (Å²) in [6.07, 6.45) is 1.95. The third-order valence-electron chi connectivity index (χ3n) is 5.75. The van der Waals surface area contributed by atoms with E-state index in [0.29, 0.717) is 17.5 Å². The molecule has 5 nitrogen and oxygen atoms in total. The summed E-state index contributed by atoms with van der Waals surface area (Å²) >= 11 is 0. The van der Waals surface area contributed by atoms with Crippen LogP contribution in [0.1, 0.15) is 19.4 Å². The summed E-state index contributed by atoms with van der Waals surface area (Å²) in [7, 11) is 0. The number of carbonyl (C=O) groups is 1. The van der Waals surface area contributed by atoms with Crippen LogP contribution in [0.5, 0.6) is 0 Å². The SMILES string of the molecule is C=O.CC.O=C=CCc1ccc2c(=O)n3c4cccc5cccc(nc3c3cccc1c23)c54. The highest BCUT2D eigenvalue weighted by Gasteiger charge is 2.17. The van der Waals surface area contributed by atoms with Crippen LogP contribution in [0.2, 0.25) is 0 Å². The number of fused-ring (bicyclic) bond motifs is 3. The lowest BCUT2D eigenvalue weighted by Crippen LogP contribution is -2.16. The zero-order valence-electron chi connectivity index (χ0n) is 18.5. The smallest absolute Gasteiger partial charge is 0.264 e. The molecule has 0 saturated carbocycles. The highest BCUT2D eigenvalue weighted by Crippen LogP contribution is 2.33. The number of rotatable bonds is 2. The Labute approximate surface area is 189 Å². The molecule has 0 saturated heterocycles. The summed E-state index contributed by atoms with van der Waals surface area (Å²) in [6.45, 7) is 6.00. The lowest BCUT2D eigenvalue weighted by molar-refractivity contribution is -0.0979. The van der Waals surface area contributed by atoms with Gasteiger partial charge in [0.05, 0.1) is 11.0 Å². The lowest BCUT2D eigenvalue weighted by Gasteiger charge is -2.15. The van der Waals surface area contributed by atoms with E-state index in [4.69, 9.17) is 9.78 Å². The first-order valence-corrected chi connectivity index (χ1v) is 10.8. The number of hydrogen-bond donors (Lipinski definition) is 0. The number of pyridine rings is 1. The topological polar surface area (TPSA) is 68.5 Å². The molecule has 0 atom stereocenters. The molecule has 0 aliphatic carbocycles. The van der Waals surface area contributed by atoms with Crippen molar-refractivity contribution in [1.29, 1.82) is 0 Å². The van der Waals surface area contributed by atoms with E-state index in [2.05, 4.69) is 0 Å². The molecule has 0 radical (unpaired) electrons. The van der Waals surface area contributed by atoms with Gasteiger partial charge in [0.1, 0.15) is 18.4 Å². The van der Waals surface area contributed by atoms with Gasteiger partial charge in [-0.15, -0.1) is 0 Å². The molecule has 2 aromatic heterocycles. The lowest BCUT2D eigenvalue weighted by atomic mass is 9.96. The molecule has 0 fully saturated rings. The van der Waals surface area contributed by atoms with Crippen molar-refractivity contribution in [1.82, 2.24) is 9.38 Å². The van der Waals surface area contributed by atoms with Crippen molar-refractivity contribution in [2.45, 2.75) is 20.3 Å². The van der Waals surface area contributed by atoms with Crippen LogP contribution in [0.15, 0.2) is 77.6 Å². The third kappa shape index (κ3) is 3.27. The Morgan fingerprint density at radius 2 is 1.58 bits per heavy atom. The average molecular weight is 434 g/mol. The molecule has 5 heteroatoms. The summed E-state index contributed by atoms with van der Waals surface area (Å²) in [6, 6.07) is 21.8. The monoisotopic (exact) mass is 434 g/mol. The maximum Gasteiger partial charge on any atom is 0.264 e. The number of carbonyl (C=O) groups excluding carboxylic acids is 2. The van der Waals surface area contributed by atoms with E-state index in [0.717, 1.165) is 43.5 Å². The predicted octanol–water partition coefficient (Wildman–Crippen LogP) is 5.52. The van der Waals surface area contributed by atoms with Gasteiger partial charge in [-0.05, 0) is 34.5 Å².